The summed E-state index contributed by atoms with van der Waals surface area (Å²) in [6, 6.07) is 0. The van der Waals surface area contributed by atoms with Crippen LogP contribution < -0.4 is 9.47 Å². The molecule has 0 atom stereocenters. The van der Waals surface area contributed by atoms with E-state index < -0.39 is 12.1 Å². The van der Waals surface area contributed by atoms with Crippen LogP contribution in [0.4, 0.5) is 13.2 Å². The molecule has 0 bridgehead atoms. The molecule has 0 saturated heterocycles. The normalized spacial score (nSPS) is 11.2. The van der Waals surface area contributed by atoms with Crippen LogP contribution in [0.5, 0.6) is 11.5 Å². The second kappa shape index (κ2) is 3.73. The zero-order valence-electron chi connectivity index (χ0n) is 7.55. The van der Waals surface area contributed by atoms with E-state index in [1.54, 1.807) is 6.92 Å². The van der Waals surface area contributed by atoms with Gasteiger partial charge in [-0.1, -0.05) is 0 Å². The van der Waals surface area contributed by atoms with Crippen LogP contribution in [0, 0.1) is 6.92 Å². The van der Waals surface area contributed by atoms with E-state index in [4.69, 9.17) is 4.74 Å². The number of hydrogen-bond acceptors (Lipinski definition) is 3. The Morgan fingerprint density at radius 2 is 1.93 bits per heavy atom. The largest absolute Gasteiger partial charge is 0.573 e. The summed E-state index contributed by atoms with van der Waals surface area (Å²) in [6.45, 7) is 1.58. The van der Waals surface area contributed by atoms with Gasteiger partial charge in [0.1, 0.15) is 0 Å². The first-order valence-electron chi connectivity index (χ1n) is 3.68. The van der Waals surface area contributed by atoms with Gasteiger partial charge in [-0.05, 0) is 6.92 Å². The van der Waals surface area contributed by atoms with Crippen molar-refractivity contribution in [1.82, 2.24) is 4.98 Å². The first kappa shape index (κ1) is 10.6. The predicted molar refractivity (Wildman–Crippen MR) is 42.2 cm³/mol. The van der Waals surface area contributed by atoms with Crippen molar-refractivity contribution in [3.8, 4) is 11.5 Å². The molecule has 0 spiro atoms. The molecule has 0 aliphatic heterocycles. The number of halogens is 3. The van der Waals surface area contributed by atoms with E-state index in [1.165, 1.54) is 13.3 Å². The fraction of sp³-hybridized carbons (Fsp3) is 0.375. The van der Waals surface area contributed by atoms with Crippen LogP contribution in [0.1, 0.15) is 5.56 Å². The average Bonchev–Trinajstić information content (AvgIpc) is 2.01. The second-order valence-corrected chi connectivity index (χ2v) is 2.54. The summed E-state index contributed by atoms with van der Waals surface area (Å²) in [5.74, 6) is -0.391. The number of alkyl halides is 3. The lowest BCUT2D eigenvalue weighted by atomic mass is 10.3. The Bertz CT molecular complexity index is 325. The average molecular weight is 207 g/mol. The number of methoxy groups -OCH3 is 1. The maximum absolute atomic E-state index is 11.9. The van der Waals surface area contributed by atoms with Crippen molar-refractivity contribution < 1.29 is 22.6 Å². The van der Waals surface area contributed by atoms with Crippen molar-refractivity contribution in [2.24, 2.45) is 0 Å². The molecule has 0 fully saturated rings. The predicted octanol–water partition coefficient (Wildman–Crippen LogP) is 2.30. The summed E-state index contributed by atoms with van der Waals surface area (Å²) in [7, 11) is 1.27. The lowest BCUT2D eigenvalue weighted by Gasteiger charge is -2.12. The van der Waals surface area contributed by atoms with E-state index >= 15 is 0 Å². The first-order chi connectivity index (χ1) is 6.44. The molecule has 0 saturated carbocycles. The van der Waals surface area contributed by atoms with Gasteiger partial charge < -0.3 is 9.47 Å². The number of aromatic nitrogens is 1. The minimum atomic E-state index is -4.73. The van der Waals surface area contributed by atoms with Gasteiger partial charge in [-0.2, -0.15) is 0 Å². The number of ether oxygens (including phenoxy) is 2. The number of aryl methyl sites for hydroxylation is 1. The molecule has 0 amide bonds. The van der Waals surface area contributed by atoms with Gasteiger partial charge in [-0.15, -0.1) is 13.2 Å². The SMILES string of the molecule is COc1c(C)cncc1OC(F)(F)F. The molecule has 78 valence electrons. The highest BCUT2D eigenvalue weighted by Crippen LogP contribution is 2.33. The Balaban J connectivity index is 3.02. The van der Waals surface area contributed by atoms with Crippen molar-refractivity contribution in [3.63, 3.8) is 0 Å². The highest BCUT2D eigenvalue weighted by Gasteiger charge is 2.32. The Hall–Kier alpha value is -1.46. The van der Waals surface area contributed by atoms with Crippen molar-refractivity contribution in [1.29, 1.82) is 0 Å². The Morgan fingerprint density at radius 1 is 1.29 bits per heavy atom. The fourth-order valence-electron chi connectivity index (χ4n) is 0.987. The molecular formula is C8H8F3NO2. The monoisotopic (exact) mass is 207 g/mol. The third-order valence-corrected chi connectivity index (χ3v) is 1.47. The maximum Gasteiger partial charge on any atom is 0.573 e. The van der Waals surface area contributed by atoms with Crippen LogP contribution in [0.15, 0.2) is 12.4 Å². The molecule has 0 radical (unpaired) electrons. The molecule has 0 N–H and O–H groups in total. The topological polar surface area (TPSA) is 31.4 Å². The van der Waals surface area contributed by atoms with Crippen molar-refractivity contribution in [2.75, 3.05) is 7.11 Å². The molecule has 0 aromatic carbocycles. The number of rotatable bonds is 2. The van der Waals surface area contributed by atoms with Crippen LogP contribution in [0.3, 0.4) is 0 Å². The molecule has 0 aliphatic carbocycles. The summed E-state index contributed by atoms with van der Waals surface area (Å²) in [5.41, 5.74) is 0.481. The summed E-state index contributed by atoms with van der Waals surface area (Å²) in [5, 5.41) is 0. The smallest absolute Gasteiger partial charge is 0.492 e. The van der Waals surface area contributed by atoms with E-state index in [0.717, 1.165) is 6.20 Å². The Kier molecular flexibility index (Phi) is 2.83. The second-order valence-electron chi connectivity index (χ2n) is 2.54. The maximum atomic E-state index is 11.9. The van der Waals surface area contributed by atoms with E-state index in [2.05, 4.69) is 9.72 Å². The molecule has 1 aromatic rings. The van der Waals surface area contributed by atoms with E-state index in [9.17, 15) is 13.2 Å². The molecular weight excluding hydrogens is 199 g/mol. The lowest BCUT2D eigenvalue weighted by Crippen LogP contribution is -2.18. The highest BCUT2D eigenvalue weighted by atomic mass is 19.4. The molecule has 1 rings (SSSR count). The first-order valence-corrected chi connectivity index (χ1v) is 3.68. The lowest BCUT2D eigenvalue weighted by molar-refractivity contribution is -0.275. The quantitative estimate of drug-likeness (QED) is 0.745. The van der Waals surface area contributed by atoms with Crippen LogP contribution in [-0.4, -0.2) is 18.5 Å². The van der Waals surface area contributed by atoms with Gasteiger partial charge >= 0.3 is 6.36 Å². The van der Waals surface area contributed by atoms with Crippen molar-refractivity contribution >= 4 is 0 Å². The third-order valence-electron chi connectivity index (χ3n) is 1.47. The third kappa shape index (κ3) is 2.51. The minimum Gasteiger partial charge on any atom is -0.492 e. The van der Waals surface area contributed by atoms with Gasteiger partial charge in [0.15, 0.2) is 11.5 Å². The van der Waals surface area contributed by atoms with Crippen LogP contribution in [0.2, 0.25) is 0 Å². The van der Waals surface area contributed by atoms with Gasteiger partial charge in [0, 0.05) is 11.8 Å². The van der Waals surface area contributed by atoms with E-state index in [-0.39, 0.29) is 5.75 Å². The van der Waals surface area contributed by atoms with Crippen molar-refractivity contribution in [3.05, 3.63) is 18.0 Å². The van der Waals surface area contributed by atoms with Gasteiger partial charge in [-0.25, -0.2) is 0 Å². The minimum absolute atomic E-state index is 0.0392. The van der Waals surface area contributed by atoms with Crippen LogP contribution in [0.25, 0.3) is 0 Å². The summed E-state index contributed by atoms with van der Waals surface area (Å²) < 4.78 is 44.1. The molecule has 0 aliphatic rings. The van der Waals surface area contributed by atoms with Crippen LogP contribution >= 0.6 is 0 Å². The van der Waals surface area contributed by atoms with Gasteiger partial charge in [0.25, 0.3) is 0 Å². The Morgan fingerprint density at radius 3 is 2.43 bits per heavy atom. The Labute approximate surface area is 78.5 Å². The molecule has 3 nitrogen and oxygen atoms in total. The molecule has 14 heavy (non-hydrogen) atoms. The van der Waals surface area contributed by atoms with Gasteiger partial charge in [-0.3, -0.25) is 4.98 Å². The van der Waals surface area contributed by atoms with Gasteiger partial charge in [0.05, 0.1) is 13.3 Å². The number of pyridine rings is 1. The summed E-state index contributed by atoms with van der Waals surface area (Å²) in [6.07, 6.45) is -2.38. The zero-order chi connectivity index (χ0) is 10.8. The highest BCUT2D eigenvalue weighted by molar-refractivity contribution is 5.43. The molecule has 0 unspecified atom stereocenters. The van der Waals surface area contributed by atoms with Gasteiger partial charge in [0.2, 0.25) is 0 Å². The molecule has 1 aromatic heterocycles. The van der Waals surface area contributed by atoms with E-state index in [1.807, 2.05) is 0 Å². The fourth-order valence-corrected chi connectivity index (χ4v) is 0.987. The molecule has 6 heteroatoms. The van der Waals surface area contributed by atoms with Crippen molar-refractivity contribution in [2.45, 2.75) is 13.3 Å². The number of nitrogens with zero attached hydrogens (tertiary/aromatic N) is 1. The van der Waals surface area contributed by atoms with Crippen LogP contribution in [-0.2, 0) is 0 Å². The summed E-state index contributed by atoms with van der Waals surface area (Å²) in [4.78, 5) is 3.57. The zero-order valence-corrected chi connectivity index (χ0v) is 7.55. The molecule has 1 heterocycles. The standard InChI is InChI=1S/C8H8F3NO2/c1-5-3-12-4-6(7(5)13-2)14-8(9,10)11/h3-4H,1-2H3. The summed E-state index contributed by atoms with van der Waals surface area (Å²) >= 11 is 0. The van der Waals surface area contributed by atoms with E-state index in [0.29, 0.717) is 5.56 Å². The number of hydrogen-bond donors (Lipinski definition) is 0.